The van der Waals surface area contributed by atoms with Crippen molar-refractivity contribution in [2.45, 2.75) is 13.3 Å². The van der Waals surface area contributed by atoms with Crippen LogP contribution in [0.3, 0.4) is 0 Å². The van der Waals surface area contributed by atoms with Gasteiger partial charge in [-0.15, -0.1) is 0 Å². The van der Waals surface area contributed by atoms with Gasteiger partial charge < -0.3 is 14.7 Å². The molecule has 0 unspecified atom stereocenters. The molecule has 0 bridgehead atoms. The molecule has 0 heterocycles. The summed E-state index contributed by atoms with van der Waals surface area (Å²) in [6.45, 7) is 6.80. The lowest BCUT2D eigenvalue weighted by Crippen LogP contribution is -2.29. The molecule has 3 nitrogen and oxygen atoms in total. The summed E-state index contributed by atoms with van der Waals surface area (Å²) in [7, 11) is 0. The van der Waals surface area contributed by atoms with Gasteiger partial charge in [-0.1, -0.05) is 6.92 Å². The molecule has 0 aliphatic heterocycles. The second-order valence-electron chi connectivity index (χ2n) is 2.85. The summed E-state index contributed by atoms with van der Waals surface area (Å²) in [6, 6.07) is 0. The van der Waals surface area contributed by atoms with Crippen molar-refractivity contribution < 1.29 is 9.84 Å². The minimum atomic E-state index is 0.272. The van der Waals surface area contributed by atoms with E-state index < -0.39 is 0 Å². The highest BCUT2D eigenvalue weighted by Gasteiger charge is 2.00. The SMILES string of the molecule is CCN(CCCO)CCOCCS. The maximum absolute atomic E-state index is 8.65. The van der Waals surface area contributed by atoms with Crippen molar-refractivity contribution >= 4 is 12.6 Å². The summed E-state index contributed by atoms with van der Waals surface area (Å²) in [6.07, 6.45) is 0.848. The summed E-state index contributed by atoms with van der Waals surface area (Å²) in [5.41, 5.74) is 0. The van der Waals surface area contributed by atoms with Crippen molar-refractivity contribution in [2.24, 2.45) is 0 Å². The molecule has 0 saturated carbocycles. The van der Waals surface area contributed by atoms with Gasteiger partial charge in [0.15, 0.2) is 0 Å². The zero-order valence-corrected chi connectivity index (χ0v) is 9.30. The average Bonchev–Trinajstić information content (AvgIpc) is 2.17. The van der Waals surface area contributed by atoms with Crippen molar-refractivity contribution in [3.8, 4) is 0 Å². The molecular weight excluding hydrogens is 186 g/mol. The molecule has 0 aromatic heterocycles. The number of likely N-dealkylation sites (N-methyl/N-ethyl adjacent to an activating group) is 1. The minimum Gasteiger partial charge on any atom is -0.396 e. The van der Waals surface area contributed by atoms with Gasteiger partial charge >= 0.3 is 0 Å². The Balaban J connectivity index is 3.25. The first-order chi connectivity index (χ1) is 6.35. The second-order valence-corrected chi connectivity index (χ2v) is 3.29. The van der Waals surface area contributed by atoms with Crippen LogP contribution in [0.4, 0.5) is 0 Å². The molecule has 0 aromatic rings. The Labute approximate surface area is 86.5 Å². The number of hydrogen-bond donors (Lipinski definition) is 2. The van der Waals surface area contributed by atoms with E-state index >= 15 is 0 Å². The monoisotopic (exact) mass is 207 g/mol. The highest BCUT2D eigenvalue weighted by atomic mass is 32.1. The van der Waals surface area contributed by atoms with Crippen molar-refractivity contribution in [1.82, 2.24) is 4.90 Å². The Kier molecular flexibility index (Phi) is 10.5. The third-order valence-corrected chi connectivity index (χ3v) is 2.05. The molecule has 0 amide bonds. The Morgan fingerprint density at radius 1 is 1.31 bits per heavy atom. The van der Waals surface area contributed by atoms with Gasteiger partial charge in [-0.3, -0.25) is 0 Å². The molecule has 0 aromatic carbocycles. The molecule has 0 rings (SSSR count). The number of ether oxygens (including phenoxy) is 1. The fraction of sp³-hybridized carbons (Fsp3) is 1.00. The number of thiol groups is 1. The van der Waals surface area contributed by atoms with Gasteiger partial charge in [0.2, 0.25) is 0 Å². The molecule has 13 heavy (non-hydrogen) atoms. The predicted molar refractivity (Wildman–Crippen MR) is 58.5 cm³/mol. The Morgan fingerprint density at radius 2 is 2.08 bits per heavy atom. The number of rotatable bonds is 9. The van der Waals surface area contributed by atoms with E-state index in [1.807, 2.05) is 0 Å². The number of hydrogen-bond acceptors (Lipinski definition) is 4. The van der Waals surface area contributed by atoms with Gasteiger partial charge in [-0.25, -0.2) is 0 Å². The third-order valence-electron chi connectivity index (χ3n) is 1.87. The number of nitrogens with zero attached hydrogens (tertiary/aromatic N) is 1. The van der Waals surface area contributed by atoms with Crippen LogP contribution < -0.4 is 0 Å². The van der Waals surface area contributed by atoms with E-state index in [2.05, 4.69) is 24.5 Å². The van der Waals surface area contributed by atoms with Crippen LogP contribution in [0.2, 0.25) is 0 Å². The van der Waals surface area contributed by atoms with Gasteiger partial charge in [0.1, 0.15) is 0 Å². The molecule has 4 heteroatoms. The molecule has 0 radical (unpaired) electrons. The molecule has 80 valence electrons. The topological polar surface area (TPSA) is 32.7 Å². The van der Waals surface area contributed by atoms with E-state index in [1.165, 1.54) is 0 Å². The van der Waals surface area contributed by atoms with Crippen LogP contribution in [0.25, 0.3) is 0 Å². The zero-order chi connectivity index (χ0) is 9.94. The molecule has 1 N–H and O–H groups in total. The first-order valence-corrected chi connectivity index (χ1v) is 5.50. The molecule has 0 saturated heterocycles. The standard InChI is InChI=1S/C9H21NO2S/c1-2-10(4-3-6-11)5-7-12-8-9-13/h11,13H,2-9H2,1H3. The first-order valence-electron chi connectivity index (χ1n) is 4.87. The molecule has 0 aliphatic carbocycles. The average molecular weight is 207 g/mol. The Bertz CT molecular complexity index is 104. The number of aliphatic hydroxyl groups excluding tert-OH is 1. The fourth-order valence-corrected chi connectivity index (χ4v) is 1.21. The van der Waals surface area contributed by atoms with Crippen LogP contribution in [0.1, 0.15) is 13.3 Å². The van der Waals surface area contributed by atoms with Crippen molar-refractivity contribution in [2.75, 3.05) is 45.2 Å². The van der Waals surface area contributed by atoms with Crippen LogP contribution in [-0.2, 0) is 4.74 Å². The van der Waals surface area contributed by atoms with E-state index in [1.54, 1.807) is 0 Å². The van der Waals surface area contributed by atoms with Gasteiger partial charge in [-0.05, 0) is 13.0 Å². The zero-order valence-electron chi connectivity index (χ0n) is 8.41. The fourth-order valence-electron chi connectivity index (χ4n) is 1.08. The maximum atomic E-state index is 8.65. The summed E-state index contributed by atoms with van der Waals surface area (Å²) in [5, 5.41) is 8.65. The first kappa shape index (κ1) is 13.2. The maximum Gasteiger partial charge on any atom is 0.0593 e. The normalized spacial score (nSPS) is 11.1. The van der Waals surface area contributed by atoms with E-state index in [-0.39, 0.29) is 6.61 Å². The highest BCUT2D eigenvalue weighted by Crippen LogP contribution is 1.91. The van der Waals surface area contributed by atoms with Crippen molar-refractivity contribution in [3.63, 3.8) is 0 Å². The van der Waals surface area contributed by atoms with Crippen LogP contribution in [-0.4, -0.2) is 55.2 Å². The lowest BCUT2D eigenvalue weighted by Gasteiger charge is -2.19. The summed E-state index contributed by atoms with van der Waals surface area (Å²) < 4.78 is 5.31. The highest BCUT2D eigenvalue weighted by molar-refractivity contribution is 7.80. The van der Waals surface area contributed by atoms with Crippen LogP contribution in [0.5, 0.6) is 0 Å². The molecule has 0 aliphatic rings. The number of aliphatic hydroxyl groups is 1. The second kappa shape index (κ2) is 10.3. The quantitative estimate of drug-likeness (QED) is 0.430. The largest absolute Gasteiger partial charge is 0.396 e. The minimum absolute atomic E-state index is 0.272. The van der Waals surface area contributed by atoms with Crippen molar-refractivity contribution in [3.05, 3.63) is 0 Å². The van der Waals surface area contributed by atoms with E-state index in [0.29, 0.717) is 0 Å². The van der Waals surface area contributed by atoms with Gasteiger partial charge in [0.25, 0.3) is 0 Å². The lowest BCUT2D eigenvalue weighted by atomic mass is 10.4. The molecular formula is C9H21NO2S. The summed E-state index contributed by atoms with van der Waals surface area (Å²) in [5.74, 6) is 0.781. The van der Waals surface area contributed by atoms with E-state index in [9.17, 15) is 0 Å². The Morgan fingerprint density at radius 3 is 2.62 bits per heavy atom. The smallest absolute Gasteiger partial charge is 0.0593 e. The van der Waals surface area contributed by atoms with Gasteiger partial charge in [0.05, 0.1) is 13.2 Å². The van der Waals surface area contributed by atoms with Gasteiger partial charge in [-0.2, -0.15) is 12.6 Å². The van der Waals surface area contributed by atoms with E-state index in [4.69, 9.17) is 9.84 Å². The van der Waals surface area contributed by atoms with Crippen molar-refractivity contribution in [1.29, 1.82) is 0 Å². The molecule has 0 spiro atoms. The van der Waals surface area contributed by atoms with Gasteiger partial charge in [0, 0.05) is 25.4 Å². The summed E-state index contributed by atoms with van der Waals surface area (Å²) >= 11 is 4.05. The van der Waals surface area contributed by atoms with Crippen LogP contribution in [0.15, 0.2) is 0 Å². The Hall–Kier alpha value is 0.230. The van der Waals surface area contributed by atoms with Crippen LogP contribution >= 0.6 is 12.6 Å². The lowest BCUT2D eigenvalue weighted by molar-refractivity contribution is 0.114. The van der Waals surface area contributed by atoms with E-state index in [0.717, 1.165) is 45.0 Å². The molecule has 0 atom stereocenters. The summed E-state index contributed by atoms with van der Waals surface area (Å²) in [4.78, 5) is 2.27. The third kappa shape index (κ3) is 8.56. The molecule has 0 fully saturated rings. The predicted octanol–water partition coefficient (Wildman–Crippen LogP) is 0.637. The van der Waals surface area contributed by atoms with Crippen LogP contribution in [0, 0.1) is 0 Å².